The molecule has 0 unspecified atom stereocenters. The van der Waals surface area contributed by atoms with E-state index in [9.17, 15) is 34.2 Å². The number of hydrogen-bond donors (Lipinski definition) is 2. The number of ether oxygens (including phenoxy) is 6. The first-order valence-electron chi connectivity index (χ1n) is 33.3. The van der Waals surface area contributed by atoms with Gasteiger partial charge in [-0.05, 0) is 124 Å². The largest absolute Gasteiger partial charge is 0.460 e. The predicted octanol–water partition coefficient (Wildman–Crippen LogP) is 9.86. The number of anilines is 1. The summed E-state index contributed by atoms with van der Waals surface area (Å²) < 4.78 is 37.0. The number of benzene rings is 1. The molecule has 2 aromatic rings. The Morgan fingerprint density at radius 3 is 2.24 bits per heavy atom. The molecule has 1 aromatic heterocycles. The number of aromatic nitrogens is 2. The molecule has 1 aliphatic carbocycles. The third kappa shape index (κ3) is 20.2. The Bertz CT molecular complexity index is 2960. The molecule has 2 N–H and O–H groups in total. The minimum atomic E-state index is -2.45. The molecule has 1 amide bonds. The van der Waals surface area contributed by atoms with Crippen molar-refractivity contribution in [3.05, 3.63) is 89.8 Å². The van der Waals surface area contributed by atoms with Gasteiger partial charge in [0.05, 0.1) is 37.6 Å². The standard InChI is InChI=1S/C72H105N5O13Si/c1-47-21-15-14-16-22-48(2)62(85-8)42-58-28-26-53(7)72(84,90-58)68(81)69(82)77-31-18-17-25-59(77)70(83)89-63(43-60(78)49(3)38-52(6)66(80)67(87-10)65(79)51(5)37-47)50(4)39-54-27-29-61(64(41-54)86-9)88-46-55-23-19-24-56(40-55)57-44-73-71(74-45-57)76-34-32-75(33-35-76)30-20-36-91(11,12)13/h14-16,19,21-24,38,40,44-45,47,49-51,53-54,58-59,61-64,66-67,80,84H,17-18,25-35,37,39,41-43,46H2,1-13H3/b16-14+,21-15+,48-22+,52-38+/t47-,49-,50-,51-,53-,54+,58+,59+,61-,62+,63+,64-,66-,67+,72-/m1/s1. The monoisotopic (exact) mass is 1280 g/mol. The van der Waals surface area contributed by atoms with Gasteiger partial charge in [-0.3, -0.25) is 24.1 Å². The molecule has 0 radical (unpaired) electrons. The first-order chi connectivity index (χ1) is 43.3. The van der Waals surface area contributed by atoms with Gasteiger partial charge < -0.3 is 48.4 Å². The van der Waals surface area contributed by atoms with Crippen LogP contribution < -0.4 is 4.90 Å². The Labute approximate surface area is 543 Å². The number of carbonyl (C=O) groups is 5. The lowest BCUT2D eigenvalue weighted by Gasteiger charge is -2.42. The third-order valence-corrected chi connectivity index (χ3v) is 20.2. The molecule has 18 nitrogen and oxygen atoms in total. The molecule has 4 aliphatic heterocycles. The number of methoxy groups -OCH3 is 3. The van der Waals surface area contributed by atoms with Crippen LogP contribution in [0.2, 0.25) is 19.6 Å². The van der Waals surface area contributed by atoms with Crippen LogP contribution in [0, 0.1) is 47.0 Å². The Kier molecular flexibility index (Phi) is 27.3. The van der Waals surface area contributed by atoms with Crippen molar-refractivity contribution in [2.45, 2.75) is 206 Å². The number of rotatable bonds is 12. The lowest BCUT2D eigenvalue weighted by Crippen LogP contribution is -2.61. The SMILES string of the molecule is CO[C@H]1C[C@@H]2CC[C@@H](C)[C@@](O)(O2)C(=O)C(=O)N2CCCC[C@H]2C(=O)O[C@H]([C@H](C)C[C@@H]2CC[C@@H](OCc3cccc(-c4cnc(N5CCN(CC#C[Si](C)(C)C)CC5)nc4)c3)[C@H](OC)C2)CC(=O)[C@H](C)/C=C(\C)[C@@H](O)[C@@H](OC)C(=O)[C@H](C)C[C@H](C)/C=C/C=C/C=C/1C. The molecule has 19 heteroatoms. The molecule has 0 spiro atoms. The normalized spacial score (nSPS) is 33.5. The van der Waals surface area contributed by atoms with Crippen molar-refractivity contribution in [3.8, 4) is 22.6 Å². The second-order valence-electron chi connectivity index (χ2n) is 27.7. The van der Waals surface area contributed by atoms with Crippen LogP contribution in [0.1, 0.15) is 131 Å². The fraction of sp³-hybridized carbons (Fsp3) is 0.653. The van der Waals surface area contributed by atoms with E-state index in [0.29, 0.717) is 70.0 Å². The molecule has 3 saturated heterocycles. The van der Waals surface area contributed by atoms with Crippen molar-refractivity contribution in [3.63, 3.8) is 0 Å². The van der Waals surface area contributed by atoms with E-state index < -0.39 is 85.8 Å². The molecular formula is C72H105N5O13Si. The van der Waals surface area contributed by atoms with E-state index in [1.165, 1.54) is 12.0 Å². The van der Waals surface area contributed by atoms with Crippen LogP contribution in [-0.4, -0.2) is 182 Å². The second kappa shape index (κ2) is 34.0. The second-order valence-corrected chi connectivity index (χ2v) is 32.4. The highest BCUT2D eigenvalue weighted by Gasteiger charge is 2.53. The van der Waals surface area contributed by atoms with E-state index in [1.54, 1.807) is 41.1 Å². The van der Waals surface area contributed by atoms with Crippen molar-refractivity contribution < 1.29 is 62.6 Å². The number of ketones is 3. The number of piperidine rings is 1. The summed E-state index contributed by atoms with van der Waals surface area (Å²) in [5.74, 6) is -3.96. The zero-order valence-electron chi connectivity index (χ0n) is 56.6. The van der Waals surface area contributed by atoms with Crippen LogP contribution >= 0.6 is 0 Å². The summed E-state index contributed by atoms with van der Waals surface area (Å²) in [7, 11) is 3.27. The van der Waals surface area contributed by atoms with Gasteiger partial charge in [0.25, 0.3) is 11.7 Å². The minimum Gasteiger partial charge on any atom is -0.460 e. The van der Waals surface area contributed by atoms with Gasteiger partial charge in [0.2, 0.25) is 11.7 Å². The number of hydrogen-bond acceptors (Lipinski definition) is 17. The molecule has 500 valence electrons. The number of nitrogens with zero attached hydrogens (tertiary/aromatic N) is 5. The molecule has 1 saturated carbocycles. The molecule has 7 rings (SSSR count). The number of amides is 1. The maximum atomic E-state index is 14.8. The zero-order chi connectivity index (χ0) is 66.2. The van der Waals surface area contributed by atoms with Gasteiger partial charge in [-0.25, -0.2) is 14.8 Å². The predicted molar refractivity (Wildman–Crippen MR) is 355 cm³/mol. The lowest BCUT2D eigenvalue weighted by molar-refractivity contribution is -0.265. The van der Waals surface area contributed by atoms with Gasteiger partial charge in [0.1, 0.15) is 38.2 Å². The molecule has 1 aromatic carbocycles. The first-order valence-corrected chi connectivity index (χ1v) is 36.8. The van der Waals surface area contributed by atoms with Crippen molar-refractivity contribution >= 4 is 43.2 Å². The Morgan fingerprint density at radius 1 is 0.813 bits per heavy atom. The molecule has 4 fully saturated rings. The number of esters is 1. The van der Waals surface area contributed by atoms with E-state index >= 15 is 0 Å². The number of aliphatic hydroxyl groups excluding tert-OH is 1. The fourth-order valence-electron chi connectivity index (χ4n) is 13.5. The molecule has 5 aliphatic rings. The van der Waals surface area contributed by atoms with Crippen LogP contribution in [0.3, 0.4) is 0 Å². The Balaban J connectivity index is 1.05. The summed E-state index contributed by atoms with van der Waals surface area (Å²) >= 11 is 0. The molecular weight excluding hydrogens is 1170 g/mol. The first kappa shape index (κ1) is 72.9. The van der Waals surface area contributed by atoms with Crippen LogP contribution in [0.15, 0.2) is 84.3 Å². The number of fused-ring (bicyclic) bond motifs is 3. The maximum Gasteiger partial charge on any atom is 0.329 e. The van der Waals surface area contributed by atoms with E-state index in [0.717, 1.165) is 67.4 Å². The average molecular weight is 1280 g/mol. The Morgan fingerprint density at radius 2 is 1.55 bits per heavy atom. The van der Waals surface area contributed by atoms with Crippen LogP contribution in [0.4, 0.5) is 5.95 Å². The van der Waals surface area contributed by atoms with Gasteiger partial charge in [-0.1, -0.05) is 115 Å². The fourth-order valence-corrected chi connectivity index (χ4v) is 14.1. The van der Waals surface area contributed by atoms with Gasteiger partial charge >= 0.3 is 5.97 Å². The summed E-state index contributed by atoms with van der Waals surface area (Å²) in [6.45, 7) is 24.4. The van der Waals surface area contributed by atoms with Crippen molar-refractivity contribution in [1.82, 2.24) is 19.8 Å². The number of Topliss-reactive ketones (excluding diaryl/α,β-unsaturated/α-hetero) is 3. The summed E-state index contributed by atoms with van der Waals surface area (Å²) in [4.78, 5) is 87.6. The minimum absolute atomic E-state index is 0.00558. The van der Waals surface area contributed by atoms with E-state index in [2.05, 4.69) is 53.0 Å². The number of allylic oxidation sites excluding steroid dienone is 6. The van der Waals surface area contributed by atoms with Gasteiger partial charge in [-0.15, -0.1) is 5.54 Å². The quantitative estimate of drug-likeness (QED) is 0.0664. The number of carbonyl (C=O) groups excluding carboxylic acids is 5. The molecule has 91 heavy (non-hydrogen) atoms. The average Bonchev–Trinajstić information content (AvgIpc) is 0.866. The highest BCUT2D eigenvalue weighted by Crippen LogP contribution is 2.39. The molecule has 15 atom stereocenters. The third-order valence-electron chi connectivity index (χ3n) is 19.2. The van der Waals surface area contributed by atoms with E-state index in [4.69, 9.17) is 38.4 Å². The molecule has 2 bridgehead atoms. The number of aliphatic hydroxyl groups is 2. The Hall–Kier alpha value is -5.53. The smallest absolute Gasteiger partial charge is 0.329 e. The van der Waals surface area contributed by atoms with Gasteiger partial charge in [0.15, 0.2) is 5.78 Å². The summed E-state index contributed by atoms with van der Waals surface area (Å²) in [5, 5.41) is 23.8. The van der Waals surface area contributed by atoms with Crippen LogP contribution in [-0.2, 0) is 59.0 Å². The van der Waals surface area contributed by atoms with E-state index in [-0.39, 0.29) is 60.9 Å². The highest BCUT2D eigenvalue weighted by molar-refractivity contribution is 6.83. The van der Waals surface area contributed by atoms with Crippen LogP contribution in [0.5, 0.6) is 0 Å². The van der Waals surface area contributed by atoms with Crippen molar-refractivity contribution in [2.75, 3.05) is 65.5 Å². The van der Waals surface area contributed by atoms with Gasteiger partial charge in [-0.2, -0.15) is 0 Å². The van der Waals surface area contributed by atoms with Crippen molar-refractivity contribution in [2.24, 2.45) is 35.5 Å². The summed E-state index contributed by atoms with van der Waals surface area (Å²) in [5.41, 5.74) is 7.65. The maximum absolute atomic E-state index is 14.8. The summed E-state index contributed by atoms with van der Waals surface area (Å²) in [6.07, 6.45) is 15.7. The highest BCUT2D eigenvalue weighted by atomic mass is 28.3. The number of cyclic esters (lactones) is 1. The number of piperazine rings is 1. The summed E-state index contributed by atoms with van der Waals surface area (Å²) in [6, 6.07) is 7.06. The molecule has 5 heterocycles. The van der Waals surface area contributed by atoms with Crippen LogP contribution in [0.25, 0.3) is 11.1 Å². The van der Waals surface area contributed by atoms with E-state index in [1.807, 2.05) is 82.6 Å². The topological polar surface area (TPSA) is 217 Å². The van der Waals surface area contributed by atoms with Gasteiger partial charge in [0, 0.05) is 103 Å². The van der Waals surface area contributed by atoms with Crippen molar-refractivity contribution in [1.29, 1.82) is 0 Å². The lowest BCUT2D eigenvalue weighted by atomic mass is 9.78. The zero-order valence-corrected chi connectivity index (χ0v) is 57.6.